The van der Waals surface area contributed by atoms with E-state index in [0.29, 0.717) is 23.8 Å². The van der Waals surface area contributed by atoms with Gasteiger partial charge in [-0.3, -0.25) is 4.79 Å². The Bertz CT molecular complexity index is 343. The van der Waals surface area contributed by atoms with E-state index in [1.165, 1.54) is 0 Å². The summed E-state index contributed by atoms with van der Waals surface area (Å²) in [5, 5.41) is 0. The Morgan fingerprint density at radius 3 is 2.29 bits per heavy atom. The third kappa shape index (κ3) is 1.43. The van der Waals surface area contributed by atoms with Crippen LogP contribution in [0.1, 0.15) is 34.7 Å². The molecule has 0 aromatic heterocycles. The molecule has 0 bridgehead atoms. The Kier molecular flexibility index (Phi) is 2.10. The minimum atomic E-state index is -2.55. The van der Waals surface area contributed by atoms with E-state index in [1.807, 2.05) is 0 Å². The van der Waals surface area contributed by atoms with Gasteiger partial charge in [0.2, 0.25) is 0 Å². The van der Waals surface area contributed by atoms with Gasteiger partial charge in [-0.05, 0) is 12.0 Å². The summed E-state index contributed by atoms with van der Waals surface area (Å²) in [6.07, 6.45) is 1.23. The maximum Gasteiger partial charge on any atom is 0.254 e. The molecule has 3 heteroatoms. The zero-order valence-electron chi connectivity index (χ0n) is 7.54. The molecule has 74 valence electrons. The fourth-order valence-corrected chi connectivity index (χ4v) is 1.72. The van der Waals surface area contributed by atoms with Crippen LogP contribution in [0.25, 0.3) is 0 Å². The van der Waals surface area contributed by atoms with Crippen LogP contribution in [0.3, 0.4) is 0 Å². The van der Waals surface area contributed by atoms with Crippen molar-refractivity contribution in [3.63, 3.8) is 0 Å². The number of aldehydes is 1. The van der Waals surface area contributed by atoms with Gasteiger partial charge in [-0.25, -0.2) is 8.78 Å². The van der Waals surface area contributed by atoms with Crippen LogP contribution < -0.4 is 0 Å². The maximum atomic E-state index is 13.0. The monoisotopic (exact) mass is 196 g/mol. The zero-order valence-corrected chi connectivity index (χ0v) is 7.54. The lowest BCUT2D eigenvalue weighted by Crippen LogP contribution is -2.36. The normalized spacial score (nSPS) is 24.0. The molecule has 0 N–H and O–H groups in total. The van der Waals surface area contributed by atoms with Gasteiger partial charge in [0, 0.05) is 17.9 Å². The topological polar surface area (TPSA) is 17.1 Å². The highest BCUT2D eigenvalue weighted by molar-refractivity contribution is 5.74. The summed E-state index contributed by atoms with van der Waals surface area (Å²) in [6.45, 7) is 0. The Morgan fingerprint density at radius 1 is 1.29 bits per heavy atom. The molecule has 1 fully saturated rings. The molecule has 0 saturated heterocycles. The van der Waals surface area contributed by atoms with Gasteiger partial charge in [-0.15, -0.1) is 0 Å². The number of benzene rings is 1. The molecule has 2 rings (SSSR count). The molecule has 1 saturated carbocycles. The van der Waals surface area contributed by atoms with E-state index in [0.717, 1.165) is 0 Å². The number of carbonyl (C=O) groups is 1. The highest BCUT2D eigenvalue weighted by Crippen LogP contribution is 2.49. The van der Waals surface area contributed by atoms with Crippen molar-refractivity contribution in [3.8, 4) is 0 Å². The van der Waals surface area contributed by atoms with Crippen LogP contribution in [-0.4, -0.2) is 12.2 Å². The van der Waals surface area contributed by atoms with Crippen LogP contribution in [0.5, 0.6) is 0 Å². The fourth-order valence-electron chi connectivity index (χ4n) is 1.72. The van der Waals surface area contributed by atoms with Crippen molar-refractivity contribution in [1.82, 2.24) is 0 Å². The second-order valence-corrected chi connectivity index (χ2v) is 3.64. The molecule has 0 amide bonds. The van der Waals surface area contributed by atoms with Gasteiger partial charge < -0.3 is 0 Å². The van der Waals surface area contributed by atoms with Crippen molar-refractivity contribution < 1.29 is 13.6 Å². The summed E-state index contributed by atoms with van der Waals surface area (Å²) in [5.74, 6) is -3.20. The van der Waals surface area contributed by atoms with Gasteiger partial charge in [0.05, 0.1) is 0 Å². The Balaban J connectivity index is 2.21. The van der Waals surface area contributed by atoms with Crippen molar-refractivity contribution in [2.24, 2.45) is 0 Å². The highest BCUT2D eigenvalue weighted by atomic mass is 19.3. The van der Waals surface area contributed by atoms with E-state index < -0.39 is 11.8 Å². The third-order valence-corrected chi connectivity index (χ3v) is 2.75. The maximum absolute atomic E-state index is 13.0. The molecule has 1 unspecified atom stereocenters. The molecule has 1 aliphatic carbocycles. The number of hydrogen-bond donors (Lipinski definition) is 0. The summed E-state index contributed by atoms with van der Waals surface area (Å²) in [7, 11) is 0. The predicted molar refractivity (Wildman–Crippen MR) is 48.8 cm³/mol. The number of carbonyl (C=O) groups excluding carboxylic acids is 1. The van der Waals surface area contributed by atoms with Crippen LogP contribution in [0, 0.1) is 0 Å². The van der Waals surface area contributed by atoms with E-state index in [2.05, 4.69) is 0 Å². The summed E-state index contributed by atoms with van der Waals surface area (Å²) in [5.41, 5.74) is 1.16. The first kappa shape index (κ1) is 9.31. The van der Waals surface area contributed by atoms with Crippen molar-refractivity contribution in [2.75, 3.05) is 0 Å². The lowest BCUT2D eigenvalue weighted by molar-refractivity contribution is -0.0962. The number of halogens is 2. The van der Waals surface area contributed by atoms with E-state index >= 15 is 0 Å². The standard InChI is InChI=1S/C11H10F2O/c12-11(13)6-5-10(11)9-3-1-8(7-14)2-4-9/h1-4,7,10H,5-6H2. The van der Waals surface area contributed by atoms with Crippen LogP contribution in [0.15, 0.2) is 24.3 Å². The first-order valence-corrected chi connectivity index (χ1v) is 4.56. The Hall–Kier alpha value is -1.25. The predicted octanol–water partition coefficient (Wildman–Crippen LogP) is 3.01. The molecule has 1 atom stereocenters. The average Bonchev–Trinajstić information content (AvgIpc) is 2.18. The van der Waals surface area contributed by atoms with Crippen LogP contribution >= 0.6 is 0 Å². The molecular formula is C11H10F2O. The van der Waals surface area contributed by atoms with Gasteiger partial charge in [-0.1, -0.05) is 24.3 Å². The molecule has 1 aliphatic rings. The zero-order chi connectivity index (χ0) is 10.2. The lowest BCUT2D eigenvalue weighted by atomic mass is 9.76. The van der Waals surface area contributed by atoms with Crippen LogP contribution in [0.2, 0.25) is 0 Å². The van der Waals surface area contributed by atoms with Crippen molar-refractivity contribution in [2.45, 2.75) is 24.7 Å². The molecule has 1 aromatic rings. The number of hydrogen-bond acceptors (Lipinski definition) is 1. The minimum Gasteiger partial charge on any atom is -0.298 e. The highest BCUT2D eigenvalue weighted by Gasteiger charge is 2.48. The SMILES string of the molecule is O=Cc1ccc(C2CCC2(F)F)cc1. The van der Waals surface area contributed by atoms with Crippen molar-refractivity contribution in [1.29, 1.82) is 0 Å². The first-order chi connectivity index (χ1) is 6.63. The van der Waals surface area contributed by atoms with E-state index in [9.17, 15) is 13.6 Å². The van der Waals surface area contributed by atoms with Gasteiger partial charge in [0.15, 0.2) is 0 Å². The summed E-state index contributed by atoms with van der Waals surface area (Å²) in [4.78, 5) is 10.4. The van der Waals surface area contributed by atoms with Gasteiger partial charge in [-0.2, -0.15) is 0 Å². The first-order valence-electron chi connectivity index (χ1n) is 4.56. The van der Waals surface area contributed by atoms with Crippen molar-refractivity contribution >= 4 is 6.29 Å². The van der Waals surface area contributed by atoms with Crippen molar-refractivity contribution in [3.05, 3.63) is 35.4 Å². The van der Waals surface area contributed by atoms with Crippen LogP contribution in [0.4, 0.5) is 8.78 Å². The average molecular weight is 196 g/mol. The summed E-state index contributed by atoms with van der Waals surface area (Å²) in [6, 6.07) is 6.39. The Labute approximate surface area is 80.7 Å². The van der Waals surface area contributed by atoms with Gasteiger partial charge >= 0.3 is 0 Å². The second kappa shape index (κ2) is 3.15. The van der Waals surface area contributed by atoms with Gasteiger partial charge in [0.25, 0.3) is 5.92 Å². The Morgan fingerprint density at radius 2 is 1.93 bits per heavy atom. The molecule has 0 aliphatic heterocycles. The lowest BCUT2D eigenvalue weighted by Gasteiger charge is -2.36. The molecule has 0 radical (unpaired) electrons. The molecule has 14 heavy (non-hydrogen) atoms. The van der Waals surface area contributed by atoms with Crippen LogP contribution in [-0.2, 0) is 0 Å². The molecule has 1 aromatic carbocycles. The fraction of sp³-hybridized carbons (Fsp3) is 0.364. The molecule has 1 nitrogen and oxygen atoms in total. The number of rotatable bonds is 2. The summed E-state index contributed by atoms with van der Waals surface area (Å²) < 4.78 is 26.0. The largest absolute Gasteiger partial charge is 0.298 e. The van der Waals surface area contributed by atoms with E-state index in [1.54, 1.807) is 24.3 Å². The quantitative estimate of drug-likeness (QED) is 0.664. The smallest absolute Gasteiger partial charge is 0.254 e. The molecule has 0 spiro atoms. The summed E-state index contributed by atoms with van der Waals surface area (Å²) >= 11 is 0. The number of alkyl halides is 2. The second-order valence-electron chi connectivity index (χ2n) is 3.64. The molecular weight excluding hydrogens is 186 g/mol. The molecule has 0 heterocycles. The van der Waals surface area contributed by atoms with E-state index in [-0.39, 0.29) is 6.42 Å². The van der Waals surface area contributed by atoms with Gasteiger partial charge in [0.1, 0.15) is 6.29 Å². The third-order valence-electron chi connectivity index (χ3n) is 2.75. The van der Waals surface area contributed by atoms with E-state index in [4.69, 9.17) is 0 Å². The minimum absolute atomic E-state index is 0.0207.